The molecule has 0 aliphatic heterocycles. The van der Waals surface area contributed by atoms with E-state index in [0.717, 1.165) is 43.9 Å². The van der Waals surface area contributed by atoms with Crippen molar-refractivity contribution in [2.24, 2.45) is 11.8 Å². The topological polar surface area (TPSA) is 46.5 Å². The van der Waals surface area contributed by atoms with Crippen LogP contribution in [0.5, 0.6) is 5.75 Å². The summed E-state index contributed by atoms with van der Waals surface area (Å²) in [4.78, 5) is 11.0. The number of carboxylic acid groups (broad SMARTS) is 1. The van der Waals surface area contributed by atoms with Crippen molar-refractivity contribution < 1.29 is 27.8 Å². The maximum atomic E-state index is 13.1. The fourth-order valence-corrected chi connectivity index (χ4v) is 3.91. The van der Waals surface area contributed by atoms with E-state index >= 15 is 0 Å². The number of fused-ring (bicyclic) bond motifs is 2. The largest absolute Gasteiger partial charge is 0.487 e. The van der Waals surface area contributed by atoms with Gasteiger partial charge in [0.05, 0.1) is 11.1 Å². The van der Waals surface area contributed by atoms with E-state index in [9.17, 15) is 18.0 Å². The van der Waals surface area contributed by atoms with Crippen LogP contribution in [0.2, 0.25) is 0 Å². The van der Waals surface area contributed by atoms with E-state index in [1.165, 1.54) is 0 Å². The fraction of sp³-hybridized carbons (Fsp3) is 0.562. The smallest absolute Gasteiger partial charge is 0.419 e. The maximum absolute atomic E-state index is 13.1. The van der Waals surface area contributed by atoms with Crippen LogP contribution < -0.4 is 4.74 Å². The summed E-state index contributed by atoms with van der Waals surface area (Å²) in [5.74, 6) is -0.891. The fourth-order valence-electron chi connectivity index (χ4n) is 3.91. The number of carboxylic acids is 1. The number of rotatable bonds is 3. The first-order chi connectivity index (χ1) is 10.2. The van der Waals surface area contributed by atoms with Crippen LogP contribution in [0.4, 0.5) is 13.2 Å². The van der Waals surface area contributed by atoms with Crippen molar-refractivity contribution in [1.82, 2.24) is 0 Å². The molecule has 3 rings (SSSR count). The van der Waals surface area contributed by atoms with Gasteiger partial charge in [-0.3, -0.25) is 0 Å². The summed E-state index contributed by atoms with van der Waals surface area (Å²) in [5, 5.41) is 9.00. The van der Waals surface area contributed by atoms with Crippen LogP contribution in [0.1, 0.15) is 48.5 Å². The molecule has 2 bridgehead atoms. The summed E-state index contributed by atoms with van der Waals surface area (Å²) in [6.45, 7) is 1.84. The number of carbonyl (C=O) groups is 1. The van der Waals surface area contributed by atoms with Gasteiger partial charge in [-0.05, 0) is 62.6 Å². The molecule has 3 unspecified atom stereocenters. The lowest BCUT2D eigenvalue weighted by Crippen LogP contribution is -2.38. The van der Waals surface area contributed by atoms with Crippen LogP contribution in [-0.4, -0.2) is 16.7 Å². The van der Waals surface area contributed by atoms with Gasteiger partial charge < -0.3 is 9.84 Å². The van der Waals surface area contributed by atoms with Crippen LogP contribution in [0.15, 0.2) is 18.2 Å². The summed E-state index contributed by atoms with van der Waals surface area (Å²) in [5.41, 5.74) is -1.75. The molecule has 120 valence electrons. The highest BCUT2D eigenvalue weighted by Gasteiger charge is 2.50. The maximum Gasteiger partial charge on any atom is 0.419 e. The zero-order valence-corrected chi connectivity index (χ0v) is 12.1. The van der Waals surface area contributed by atoms with Crippen LogP contribution in [0.3, 0.4) is 0 Å². The van der Waals surface area contributed by atoms with Gasteiger partial charge in [0, 0.05) is 0 Å². The first-order valence-electron chi connectivity index (χ1n) is 7.32. The summed E-state index contributed by atoms with van der Waals surface area (Å²) in [6, 6.07) is 2.74. The molecular formula is C16H17F3O3. The Labute approximate surface area is 126 Å². The average molecular weight is 314 g/mol. The van der Waals surface area contributed by atoms with Gasteiger partial charge in [-0.25, -0.2) is 4.79 Å². The van der Waals surface area contributed by atoms with Gasteiger partial charge in [0.25, 0.3) is 0 Å². The first kappa shape index (κ1) is 15.2. The molecule has 0 radical (unpaired) electrons. The first-order valence-corrected chi connectivity index (χ1v) is 7.32. The second-order valence-electron chi connectivity index (χ2n) is 6.51. The van der Waals surface area contributed by atoms with Gasteiger partial charge >= 0.3 is 12.1 Å². The van der Waals surface area contributed by atoms with Gasteiger partial charge in [-0.2, -0.15) is 13.2 Å². The summed E-state index contributed by atoms with van der Waals surface area (Å²) < 4.78 is 45.2. The second kappa shape index (κ2) is 4.89. The Hall–Kier alpha value is -1.72. The van der Waals surface area contributed by atoms with Crippen molar-refractivity contribution in [1.29, 1.82) is 0 Å². The van der Waals surface area contributed by atoms with Gasteiger partial charge in [0.15, 0.2) is 0 Å². The quantitative estimate of drug-likeness (QED) is 0.901. The highest BCUT2D eigenvalue weighted by atomic mass is 19.4. The SMILES string of the molecule is CC1(Oc2cc(C(=O)O)ccc2C(F)(F)F)CC2CCC1C2. The van der Waals surface area contributed by atoms with Gasteiger partial charge in [-0.1, -0.05) is 0 Å². The number of hydrogen-bond donors (Lipinski definition) is 1. The molecule has 3 nitrogen and oxygen atoms in total. The number of benzene rings is 1. The minimum atomic E-state index is -4.57. The van der Waals surface area contributed by atoms with Crippen LogP contribution in [-0.2, 0) is 6.18 Å². The van der Waals surface area contributed by atoms with Gasteiger partial charge in [-0.15, -0.1) is 0 Å². The summed E-state index contributed by atoms with van der Waals surface area (Å²) >= 11 is 0. The third-order valence-corrected chi connectivity index (χ3v) is 4.98. The Morgan fingerprint density at radius 1 is 1.36 bits per heavy atom. The molecule has 22 heavy (non-hydrogen) atoms. The molecule has 2 fully saturated rings. The highest BCUT2D eigenvalue weighted by Crippen LogP contribution is 2.53. The van der Waals surface area contributed by atoms with E-state index < -0.39 is 23.3 Å². The van der Waals surface area contributed by atoms with E-state index in [4.69, 9.17) is 9.84 Å². The second-order valence-corrected chi connectivity index (χ2v) is 6.51. The Morgan fingerprint density at radius 2 is 2.09 bits per heavy atom. The molecule has 0 aromatic heterocycles. The molecular weight excluding hydrogens is 297 g/mol. The standard InChI is InChI=1S/C16H17F3O3/c1-15(8-9-2-4-11(15)6-9)22-13-7-10(14(20)21)3-5-12(13)16(17,18)19/h3,5,7,9,11H,2,4,6,8H2,1H3,(H,20,21). The number of hydrogen-bond acceptors (Lipinski definition) is 2. The van der Waals surface area contributed by atoms with Crippen molar-refractivity contribution in [2.45, 2.75) is 44.4 Å². The lowest BCUT2D eigenvalue weighted by molar-refractivity contribution is -0.140. The number of halogens is 3. The third kappa shape index (κ3) is 2.55. The minimum absolute atomic E-state index is 0.199. The van der Waals surface area contributed by atoms with Gasteiger partial charge in [0.1, 0.15) is 11.4 Å². The predicted molar refractivity (Wildman–Crippen MR) is 72.9 cm³/mol. The molecule has 2 saturated carbocycles. The Morgan fingerprint density at radius 3 is 2.59 bits per heavy atom. The average Bonchev–Trinajstić information content (AvgIpc) is 2.96. The number of aromatic carboxylic acids is 1. The van der Waals surface area contributed by atoms with Crippen molar-refractivity contribution in [3.8, 4) is 5.75 Å². The van der Waals surface area contributed by atoms with E-state index in [1.54, 1.807) is 0 Å². The molecule has 1 N–H and O–H groups in total. The zero-order valence-electron chi connectivity index (χ0n) is 12.1. The molecule has 2 aliphatic rings. The van der Waals surface area contributed by atoms with Gasteiger partial charge in [0.2, 0.25) is 0 Å². The minimum Gasteiger partial charge on any atom is -0.487 e. The Kier molecular flexibility index (Phi) is 3.38. The van der Waals surface area contributed by atoms with E-state index in [-0.39, 0.29) is 17.2 Å². The molecule has 0 amide bonds. The van der Waals surface area contributed by atoms with E-state index in [1.807, 2.05) is 6.92 Å². The molecule has 0 saturated heterocycles. The lowest BCUT2D eigenvalue weighted by Gasteiger charge is -2.35. The summed E-state index contributed by atoms with van der Waals surface area (Å²) in [7, 11) is 0. The normalized spacial score (nSPS) is 30.5. The van der Waals surface area contributed by atoms with Crippen LogP contribution >= 0.6 is 0 Å². The lowest BCUT2D eigenvalue weighted by atomic mass is 9.85. The van der Waals surface area contributed by atoms with Crippen LogP contribution in [0, 0.1) is 11.8 Å². The zero-order chi connectivity index (χ0) is 16.1. The molecule has 3 atom stereocenters. The Bertz CT molecular complexity index is 611. The summed E-state index contributed by atoms with van der Waals surface area (Å²) in [6.07, 6.45) is -0.796. The van der Waals surface area contributed by atoms with E-state index in [2.05, 4.69) is 0 Å². The predicted octanol–water partition coefficient (Wildman–Crippen LogP) is 4.36. The highest BCUT2D eigenvalue weighted by molar-refractivity contribution is 5.88. The molecule has 0 heterocycles. The third-order valence-electron chi connectivity index (χ3n) is 4.98. The monoisotopic (exact) mass is 314 g/mol. The number of alkyl halides is 3. The van der Waals surface area contributed by atoms with Crippen molar-refractivity contribution in [2.75, 3.05) is 0 Å². The van der Waals surface area contributed by atoms with Crippen molar-refractivity contribution in [3.63, 3.8) is 0 Å². The Balaban J connectivity index is 1.97. The molecule has 1 aromatic rings. The van der Waals surface area contributed by atoms with Crippen molar-refractivity contribution in [3.05, 3.63) is 29.3 Å². The molecule has 2 aliphatic carbocycles. The number of ether oxygens (including phenoxy) is 1. The molecule has 0 spiro atoms. The molecule has 6 heteroatoms. The van der Waals surface area contributed by atoms with Crippen LogP contribution in [0.25, 0.3) is 0 Å². The molecule has 1 aromatic carbocycles. The van der Waals surface area contributed by atoms with Crippen molar-refractivity contribution >= 4 is 5.97 Å². The van der Waals surface area contributed by atoms with E-state index in [0.29, 0.717) is 5.92 Å².